The second-order valence-corrected chi connectivity index (χ2v) is 10.4. The van der Waals surface area contributed by atoms with E-state index < -0.39 is 66.3 Å². The van der Waals surface area contributed by atoms with Crippen LogP contribution >= 0.6 is 0 Å². The van der Waals surface area contributed by atoms with Gasteiger partial charge in [-0.3, -0.25) is 38.5 Å². The van der Waals surface area contributed by atoms with Crippen LogP contribution in [0.15, 0.2) is 42.5 Å². The minimum atomic E-state index is -1.64. The Labute approximate surface area is 272 Å². The fraction of sp³-hybridized carbons (Fsp3) is 0.333. The van der Waals surface area contributed by atoms with Gasteiger partial charge in [-0.05, 0) is 6.07 Å². The van der Waals surface area contributed by atoms with Crippen LogP contribution in [0.3, 0.4) is 0 Å². The van der Waals surface area contributed by atoms with E-state index in [4.69, 9.17) is 5.73 Å². The summed E-state index contributed by atoms with van der Waals surface area (Å²) in [6.45, 7) is 1.68. The summed E-state index contributed by atoms with van der Waals surface area (Å²) in [5.41, 5.74) is 8.82. The fourth-order valence-electron chi connectivity index (χ4n) is 5.21. The maximum absolute atomic E-state index is 13.2. The Morgan fingerprint density at radius 2 is 1.53 bits per heavy atom. The van der Waals surface area contributed by atoms with Crippen LogP contribution in [0.2, 0.25) is 0 Å². The number of likely N-dealkylation sites (N-methyl/N-ethyl adjacent to an activating group) is 1. The number of carbonyl (C=O) groups excluding carboxylic acids is 8. The molecular formula is C30H31N6O8W+. The summed E-state index contributed by atoms with van der Waals surface area (Å²) >= 11 is 0. The van der Waals surface area contributed by atoms with Crippen LogP contribution in [-0.2, 0) is 49.8 Å². The predicted octanol–water partition coefficient (Wildman–Crippen LogP) is 0.341. The number of carbonyl (C=O) groups is 8. The maximum Gasteiger partial charge on any atom is 2.00 e. The van der Waals surface area contributed by atoms with Gasteiger partial charge in [-0.2, -0.15) is 0 Å². The summed E-state index contributed by atoms with van der Waals surface area (Å²) in [6.07, 6.45) is -1.44. The molecule has 2 aliphatic rings. The standard InChI is InChI=1S/C30H32N6O8.W/c1-15-12-24(39)36(30(15)44)21(14-22(31)37)29(43)35-20(28(42)32-2)13-23(38)34-11-10-33-19-9-5-8-18-25(19)27(41)17-7-4-3-6-16(17)26(18)40;/h3-9,15,20-21H,10-14H2,1-2H3,(H6,31,32,33,34,35,37,38,41,42,43);/q;+2/p-1. The minimum absolute atomic E-state index is 0. The van der Waals surface area contributed by atoms with E-state index in [2.05, 4.69) is 21.3 Å². The molecule has 3 unspecified atom stereocenters. The number of likely N-dealkylation sites (tertiary alicyclic amines) is 1. The summed E-state index contributed by atoms with van der Waals surface area (Å²) < 4.78 is 0. The number of benzene rings is 2. The Bertz CT molecular complexity index is 1580. The van der Waals surface area contributed by atoms with Crippen LogP contribution in [-0.4, -0.2) is 84.1 Å². The quantitative estimate of drug-likeness (QED) is 0.147. The number of ketones is 2. The number of hydrogen-bond acceptors (Lipinski definition) is 9. The van der Waals surface area contributed by atoms with E-state index in [1.54, 1.807) is 42.5 Å². The summed E-state index contributed by atoms with van der Waals surface area (Å²) in [4.78, 5) is 101. The molecule has 234 valence electrons. The van der Waals surface area contributed by atoms with Crippen LogP contribution < -0.4 is 21.3 Å². The van der Waals surface area contributed by atoms with Crippen molar-refractivity contribution in [2.45, 2.75) is 38.3 Å². The number of nitrogens with zero attached hydrogens (tertiary/aromatic N) is 1. The molecule has 1 fully saturated rings. The van der Waals surface area contributed by atoms with Crippen LogP contribution in [0.5, 0.6) is 0 Å². The maximum atomic E-state index is 13.2. The number of fused-ring (bicyclic) bond motifs is 2. The van der Waals surface area contributed by atoms with Gasteiger partial charge < -0.3 is 31.8 Å². The van der Waals surface area contributed by atoms with E-state index in [0.717, 1.165) is 0 Å². The number of nitrogens with one attached hydrogen (secondary N) is 5. The van der Waals surface area contributed by atoms with Gasteiger partial charge in [0, 0.05) is 61.3 Å². The third-order valence-electron chi connectivity index (χ3n) is 7.39. The SMILES string of the molecule is CNC(=O)C(CC(=O)NCCNc1cccc2c1C(=O)c1ccccc1C2=O)NC(=O)C(CC([NH-])=O)N1C(=O)CC(C)C1=O.[W+2]. The molecule has 0 spiro atoms. The summed E-state index contributed by atoms with van der Waals surface area (Å²) in [5, 5.41) is 10.3. The zero-order chi connectivity index (χ0) is 32.1. The topological polar surface area (TPSA) is 212 Å². The number of anilines is 1. The number of hydrogen-bond donors (Lipinski definition) is 4. The van der Waals surface area contributed by atoms with Gasteiger partial charge in [-0.1, -0.05) is 43.3 Å². The molecule has 14 nitrogen and oxygen atoms in total. The average molecular weight is 787 g/mol. The van der Waals surface area contributed by atoms with Crippen LogP contribution in [0, 0.1) is 5.92 Å². The van der Waals surface area contributed by atoms with Gasteiger partial charge in [0.1, 0.15) is 12.1 Å². The molecule has 6 amide bonds. The van der Waals surface area contributed by atoms with Crippen LogP contribution in [0.4, 0.5) is 5.69 Å². The van der Waals surface area contributed by atoms with Crippen molar-refractivity contribution in [3.8, 4) is 0 Å². The third kappa shape index (κ3) is 7.51. The molecule has 0 radical (unpaired) electrons. The van der Waals surface area contributed by atoms with Gasteiger partial charge in [0.25, 0.3) is 0 Å². The van der Waals surface area contributed by atoms with E-state index in [1.807, 2.05) is 0 Å². The Balaban J connectivity index is 0.00000552. The fourth-order valence-corrected chi connectivity index (χ4v) is 5.21. The first-order chi connectivity index (χ1) is 20.9. The Morgan fingerprint density at radius 3 is 2.13 bits per heavy atom. The second kappa shape index (κ2) is 14.8. The minimum Gasteiger partial charge on any atom is -0.668 e. The van der Waals surface area contributed by atoms with E-state index in [-0.39, 0.29) is 63.3 Å². The molecule has 45 heavy (non-hydrogen) atoms. The predicted molar refractivity (Wildman–Crippen MR) is 155 cm³/mol. The van der Waals surface area contributed by atoms with E-state index in [1.165, 1.54) is 14.0 Å². The van der Waals surface area contributed by atoms with E-state index in [0.29, 0.717) is 21.7 Å². The Hall–Kier alpha value is -4.71. The molecule has 1 heterocycles. The summed E-state index contributed by atoms with van der Waals surface area (Å²) in [6, 6.07) is 8.36. The van der Waals surface area contributed by atoms with Gasteiger partial charge in [0.15, 0.2) is 11.6 Å². The van der Waals surface area contributed by atoms with Crippen molar-refractivity contribution in [3.05, 3.63) is 70.5 Å². The molecular weight excluding hydrogens is 756 g/mol. The van der Waals surface area contributed by atoms with Crippen molar-refractivity contribution in [1.82, 2.24) is 20.9 Å². The van der Waals surface area contributed by atoms with Gasteiger partial charge in [-0.15, -0.1) is 0 Å². The molecule has 3 atom stereocenters. The molecule has 2 aromatic rings. The van der Waals surface area contributed by atoms with E-state index >= 15 is 0 Å². The van der Waals surface area contributed by atoms with Crippen molar-refractivity contribution < 1.29 is 59.4 Å². The first-order valence-electron chi connectivity index (χ1n) is 13.9. The largest absolute Gasteiger partial charge is 2.00 e. The zero-order valence-corrected chi connectivity index (χ0v) is 27.4. The Kier molecular flexibility index (Phi) is 11.5. The first kappa shape index (κ1) is 34.8. The molecule has 2 aromatic carbocycles. The molecule has 1 aliphatic heterocycles. The van der Waals surface area contributed by atoms with Crippen molar-refractivity contribution >= 4 is 52.7 Å². The van der Waals surface area contributed by atoms with Gasteiger partial charge in [-0.25, -0.2) is 0 Å². The average Bonchev–Trinajstić information content (AvgIpc) is 3.25. The normalized spacial score (nSPS) is 16.5. The van der Waals surface area contributed by atoms with Crippen molar-refractivity contribution in [2.24, 2.45) is 5.92 Å². The monoisotopic (exact) mass is 787 g/mol. The summed E-state index contributed by atoms with van der Waals surface area (Å²) in [7, 11) is 1.29. The first-order valence-corrected chi connectivity index (χ1v) is 13.9. The molecule has 0 saturated carbocycles. The molecule has 1 saturated heterocycles. The van der Waals surface area contributed by atoms with Crippen molar-refractivity contribution in [3.63, 3.8) is 0 Å². The molecule has 0 aromatic heterocycles. The zero-order valence-electron chi connectivity index (χ0n) is 24.4. The Morgan fingerprint density at radius 1 is 0.889 bits per heavy atom. The number of imide groups is 1. The molecule has 0 bridgehead atoms. The molecule has 15 heteroatoms. The number of rotatable bonds is 12. The number of amides is 6. The molecule has 5 N–H and O–H groups in total. The smallest absolute Gasteiger partial charge is 0.668 e. The summed E-state index contributed by atoms with van der Waals surface area (Å²) in [5.74, 6) is -6.22. The van der Waals surface area contributed by atoms with Crippen LogP contribution in [0.1, 0.15) is 58.0 Å². The third-order valence-corrected chi connectivity index (χ3v) is 7.39. The van der Waals surface area contributed by atoms with Crippen LogP contribution in [0.25, 0.3) is 5.73 Å². The molecule has 4 rings (SSSR count). The second-order valence-electron chi connectivity index (χ2n) is 10.4. The van der Waals surface area contributed by atoms with Crippen molar-refractivity contribution in [1.29, 1.82) is 0 Å². The van der Waals surface area contributed by atoms with Gasteiger partial charge >= 0.3 is 21.1 Å². The van der Waals surface area contributed by atoms with Gasteiger partial charge in [0.05, 0.1) is 17.9 Å². The van der Waals surface area contributed by atoms with E-state index in [9.17, 15) is 38.4 Å². The van der Waals surface area contributed by atoms with Crippen molar-refractivity contribution in [2.75, 3.05) is 25.5 Å². The molecule has 1 aliphatic carbocycles. The van der Waals surface area contributed by atoms with Gasteiger partial charge in [0.2, 0.25) is 29.5 Å².